The van der Waals surface area contributed by atoms with Crippen LogP contribution < -0.4 is 5.73 Å². The third-order valence-electron chi connectivity index (χ3n) is 0.801. The lowest BCUT2D eigenvalue weighted by Gasteiger charge is -1.88. The molecule has 4 heteroatoms. The number of hydrogen-bond acceptors (Lipinski definition) is 4. The van der Waals surface area contributed by atoms with Crippen LogP contribution in [-0.4, -0.2) is 16.3 Å². The summed E-state index contributed by atoms with van der Waals surface area (Å²) in [5.41, 5.74) is 5.22. The molecule has 1 aromatic rings. The third-order valence-corrected chi connectivity index (χ3v) is 0.801. The minimum atomic E-state index is 0.120. The minimum absolute atomic E-state index is 0.120. The number of carbonyl (C=O) groups is 1. The molecule has 0 atom stereocenters. The molecule has 2 N–H and O–H groups in total. The SMILES string of the molecule is Nc1ccnc(C=O)n1. The van der Waals surface area contributed by atoms with Gasteiger partial charge in [-0.25, -0.2) is 9.97 Å². The molecule has 46 valence electrons. The second-order valence-electron chi connectivity index (χ2n) is 1.46. The van der Waals surface area contributed by atoms with Crippen molar-refractivity contribution in [3.8, 4) is 0 Å². The maximum Gasteiger partial charge on any atom is 0.194 e. The van der Waals surface area contributed by atoms with Crippen LogP contribution in [0.4, 0.5) is 5.82 Å². The molecule has 9 heavy (non-hydrogen) atoms. The quantitative estimate of drug-likeness (QED) is 0.528. The minimum Gasteiger partial charge on any atom is -0.384 e. The van der Waals surface area contributed by atoms with Crippen LogP contribution in [-0.2, 0) is 0 Å². The normalized spacial score (nSPS) is 8.89. The Labute approximate surface area is 51.7 Å². The summed E-state index contributed by atoms with van der Waals surface area (Å²) < 4.78 is 0. The lowest BCUT2D eigenvalue weighted by Crippen LogP contribution is -1.95. The molecule has 0 unspecified atom stereocenters. The van der Waals surface area contributed by atoms with E-state index in [1.807, 2.05) is 0 Å². The number of anilines is 1. The topological polar surface area (TPSA) is 68.9 Å². The number of rotatable bonds is 1. The maximum absolute atomic E-state index is 9.98. The highest BCUT2D eigenvalue weighted by Crippen LogP contribution is 1.91. The Kier molecular flexibility index (Phi) is 1.40. The highest BCUT2D eigenvalue weighted by molar-refractivity contribution is 5.69. The van der Waals surface area contributed by atoms with E-state index in [4.69, 9.17) is 5.73 Å². The van der Waals surface area contributed by atoms with Gasteiger partial charge in [0.15, 0.2) is 12.1 Å². The standard InChI is InChI=1S/C5H5N3O/c6-4-1-2-7-5(3-9)8-4/h1-3H,(H2,6,7,8). The highest BCUT2D eigenvalue weighted by Gasteiger charge is 1.90. The van der Waals surface area contributed by atoms with E-state index in [2.05, 4.69) is 9.97 Å². The Morgan fingerprint density at radius 2 is 2.44 bits per heavy atom. The average Bonchev–Trinajstić information content (AvgIpc) is 1.88. The molecule has 1 aromatic heterocycles. The first-order chi connectivity index (χ1) is 4.33. The fraction of sp³-hybridized carbons (Fsp3) is 0. The number of aldehydes is 1. The molecule has 0 radical (unpaired) electrons. The van der Waals surface area contributed by atoms with Crippen LogP contribution in [0.2, 0.25) is 0 Å². The van der Waals surface area contributed by atoms with Crippen molar-refractivity contribution in [2.45, 2.75) is 0 Å². The van der Waals surface area contributed by atoms with Gasteiger partial charge in [0.1, 0.15) is 5.82 Å². The molecule has 0 aromatic carbocycles. The average molecular weight is 123 g/mol. The molecule has 0 fully saturated rings. The van der Waals surface area contributed by atoms with Gasteiger partial charge in [-0.05, 0) is 6.07 Å². The predicted molar refractivity (Wildman–Crippen MR) is 31.8 cm³/mol. The van der Waals surface area contributed by atoms with Crippen LogP contribution in [0.1, 0.15) is 10.6 Å². The van der Waals surface area contributed by atoms with Crippen molar-refractivity contribution in [3.63, 3.8) is 0 Å². The third kappa shape index (κ3) is 1.22. The molecule has 0 amide bonds. The molecular formula is C5H5N3O. The first-order valence-corrected chi connectivity index (χ1v) is 2.36. The Hall–Kier alpha value is -1.45. The Morgan fingerprint density at radius 1 is 1.67 bits per heavy atom. The van der Waals surface area contributed by atoms with Gasteiger partial charge in [-0.3, -0.25) is 4.79 Å². The summed E-state index contributed by atoms with van der Waals surface area (Å²) in [6.45, 7) is 0. The molecule has 0 bridgehead atoms. The molecular weight excluding hydrogens is 118 g/mol. The van der Waals surface area contributed by atoms with Crippen molar-refractivity contribution in [3.05, 3.63) is 18.1 Å². The second-order valence-corrected chi connectivity index (χ2v) is 1.46. The van der Waals surface area contributed by atoms with Crippen LogP contribution in [0, 0.1) is 0 Å². The number of nitrogens with zero attached hydrogens (tertiary/aromatic N) is 2. The summed E-state index contributed by atoms with van der Waals surface area (Å²) in [5.74, 6) is 0.433. The summed E-state index contributed by atoms with van der Waals surface area (Å²) in [7, 11) is 0. The molecule has 4 nitrogen and oxygen atoms in total. The van der Waals surface area contributed by atoms with E-state index >= 15 is 0 Å². The van der Waals surface area contributed by atoms with Crippen molar-refractivity contribution in [2.24, 2.45) is 0 Å². The lowest BCUT2D eigenvalue weighted by atomic mass is 10.5. The molecule has 0 aliphatic carbocycles. The summed E-state index contributed by atoms with van der Waals surface area (Å²) in [5, 5.41) is 0. The van der Waals surface area contributed by atoms with Gasteiger partial charge in [0.05, 0.1) is 0 Å². The smallest absolute Gasteiger partial charge is 0.194 e. The number of carbonyl (C=O) groups excluding carboxylic acids is 1. The van der Waals surface area contributed by atoms with Crippen molar-refractivity contribution >= 4 is 12.1 Å². The van der Waals surface area contributed by atoms with E-state index in [1.165, 1.54) is 12.3 Å². The monoisotopic (exact) mass is 123 g/mol. The van der Waals surface area contributed by atoms with E-state index in [0.29, 0.717) is 12.1 Å². The first-order valence-electron chi connectivity index (χ1n) is 2.36. The molecule has 0 saturated heterocycles. The molecule has 0 spiro atoms. The molecule has 1 rings (SSSR count). The van der Waals surface area contributed by atoms with Gasteiger partial charge in [0, 0.05) is 6.20 Å². The summed E-state index contributed by atoms with van der Waals surface area (Å²) in [6, 6.07) is 1.52. The van der Waals surface area contributed by atoms with Crippen molar-refractivity contribution < 1.29 is 4.79 Å². The Balaban J connectivity index is 3.07. The first kappa shape index (κ1) is 5.68. The van der Waals surface area contributed by atoms with E-state index in [9.17, 15) is 4.79 Å². The van der Waals surface area contributed by atoms with Gasteiger partial charge in [0.2, 0.25) is 0 Å². The largest absolute Gasteiger partial charge is 0.384 e. The van der Waals surface area contributed by atoms with Crippen LogP contribution in [0.3, 0.4) is 0 Å². The molecule has 0 aliphatic rings. The molecule has 0 aliphatic heterocycles. The van der Waals surface area contributed by atoms with Gasteiger partial charge < -0.3 is 5.73 Å². The summed E-state index contributed by atoms with van der Waals surface area (Å²) in [4.78, 5) is 17.2. The van der Waals surface area contributed by atoms with E-state index in [-0.39, 0.29) is 5.82 Å². The van der Waals surface area contributed by atoms with Gasteiger partial charge in [-0.1, -0.05) is 0 Å². The van der Waals surface area contributed by atoms with Gasteiger partial charge >= 0.3 is 0 Å². The number of nitrogens with two attached hydrogens (primary N) is 1. The summed E-state index contributed by atoms with van der Waals surface area (Å²) in [6.07, 6.45) is 1.99. The van der Waals surface area contributed by atoms with Crippen LogP contribution in [0.25, 0.3) is 0 Å². The van der Waals surface area contributed by atoms with Crippen molar-refractivity contribution in [1.82, 2.24) is 9.97 Å². The zero-order valence-electron chi connectivity index (χ0n) is 4.61. The second kappa shape index (κ2) is 2.21. The van der Waals surface area contributed by atoms with E-state index in [1.54, 1.807) is 0 Å². The Morgan fingerprint density at radius 3 is 2.89 bits per heavy atom. The van der Waals surface area contributed by atoms with Gasteiger partial charge in [-0.2, -0.15) is 0 Å². The number of aromatic nitrogens is 2. The van der Waals surface area contributed by atoms with Crippen molar-refractivity contribution in [2.75, 3.05) is 5.73 Å². The maximum atomic E-state index is 9.98. The molecule has 1 heterocycles. The van der Waals surface area contributed by atoms with Crippen LogP contribution >= 0.6 is 0 Å². The predicted octanol–water partition coefficient (Wildman–Crippen LogP) is -0.129. The number of nitrogen functional groups attached to an aromatic ring is 1. The fourth-order valence-corrected chi connectivity index (χ4v) is 0.445. The zero-order chi connectivity index (χ0) is 6.69. The van der Waals surface area contributed by atoms with Gasteiger partial charge in [-0.15, -0.1) is 0 Å². The van der Waals surface area contributed by atoms with Gasteiger partial charge in [0.25, 0.3) is 0 Å². The summed E-state index contributed by atoms with van der Waals surface area (Å²) >= 11 is 0. The van der Waals surface area contributed by atoms with E-state index < -0.39 is 0 Å². The highest BCUT2D eigenvalue weighted by atomic mass is 16.1. The van der Waals surface area contributed by atoms with Crippen molar-refractivity contribution in [1.29, 1.82) is 0 Å². The fourth-order valence-electron chi connectivity index (χ4n) is 0.445. The van der Waals surface area contributed by atoms with Crippen LogP contribution in [0.5, 0.6) is 0 Å². The number of hydrogen-bond donors (Lipinski definition) is 1. The van der Waals surface area contributed by atoms with E-state index in [0.717, 1.165) is 0 Å². The lowest BCUT2D eigenvalue weighted by molar-refractivity contribution is 0.111. The Bertz CT molecular complexity index is 223. The zero-order valence-corrected chi connectivity index (χ0v) is 4.61. The van der Waals surface area contributed by atoms with Crippen LogP contribution in [0.15, 0.2) is 12.3 Å². The molecule has 0 saturated carbocycles.